The predicted molar refractivity (Wildman–Crippen MR) is 276 cm³/mol. The Kier molecular flexibility index (Phi) is 17.1. The number of fused-ring (bicyclic) bond motifs is 2. The van der Waals surface area contributed by atoms with Gasteiger partial charge in [-0.1, -0.05) is 96.1 Å². The Labute approximate surface area is 425 Å². The number of carbonyl (C=O) groups is 6. The molecule has 2 fully saturated rings. The van der Waals surface area contributed by atoms with Crippen molar-refractivity contribution in [1.29, 1.82) is 0 Å². The second-order valence-electron chi connectivity index (χ2n) is 22.4. The van der Waals surface area contributed by atoms with E-state index >= 15 is 0 Å². The number of carbonyl (C=O) groups excluding carboxylic acids is 6. The molecule has 0 spiro atoms. The minimum atomic E-state index is -0.934. The van der Waals surface area contributed by atoms with Gasteiger partial charge in [-0.15, -0.1) is 0 Å². The molecule has 0 radical (unpaired) electrons. The van der Waals surface area contributed by atoms with Crippen molar-refractivity contribution in [2.45, 2.75) is 167 Å². The van der Waals surface area contributed by atoms with Gasteiger partial charge in [0.1, 0.15) is 47.9 Å². The number of amides is 6. The number of rotatable bonds is 16. The number of aryl methyl sites for hydroxylation is 2. The Balaban J connectivity index is 1.11. The second-order valence-corrected chi connectivity index (χ2v) is 22.4. The molecule has 2 heterocycles. The lowest BCUT2D eigenvalue weighted by Gasteiger charge is -2.36. The highest BCUT2D eigenvalue weighted by molar-refractivity contribution is 5.95. The van der Waals surface area contributed by atoms with Crippen LogP contribution in [0.3, 0.4) is 0 Å². The van der Waals surface area contributed by atoms with Crippen molar-refractivity contribution in [1.82, 2.24) is 41.7 Å². The largest absolute Gasteiger partial charge is 0.488 e. The zero-order chi connectivity index (χ0) is 52.1. The maximum absolute atomic E-state index is 14.8. The average molecular weight is 991 g/mol. The molecule has 0 aromatic heterocycles. The first-order valence-electron chi connectivity index (χ1n) is 25.9. The van der Waals surface area contributed by atoms with Gasteiger partial charge in [0.25, 0.3) is 0 Å². The fourth-order valence-corrected chi connectivity index (χ4v) is 10.5. The molecule has 2 aliphatic carbocycles. The van der Waals surface area contributed by atoms with Gasteiger partial charge >= 0.3 is 0 Å². The van der Waals surface area contributed by atoms with Gasteiger partial charge in [-0.2, -0.15) is 0 Å². The molecule has 3 aromatic carbocycles. The molecule has 10 atom stereocenters. The summed E-state index contributed by atoms with van der Waals surface area (Å²) in [7, 11) is 3.36. The number of nitrogens with one attached hydrogen (secondary N) is 6. The van der Waals surface area contributed by atoms with Crippen LogP contribution in [0.5, 0.6) is 11.5 Å². The molecule has 0 bridgehead atoms. The standard InChI is InChI=1S/C56H78N8O8/c1-33(57-9)49(65)61-47(55(3,4)5)53(69)63-31-39(29-45(63)51(67)59-43-26-15-20-35-18-11-13-24-41(35)43)71-37-22-17-23-38(28-37)72-40-30-46(52(68)60-44-27-16-21-36-19-12-14-25-42(36)44)64(32-40)54(70)48(56(6,7)8)62-50(66)34(2)58-10/h11-14,17-19,22-25,28,33-34,39-40,43-48,57-58H,15-16,20-21,26-27,29-32H2,1-10H3,(H,59,67)(H,60,68)(H,61,65)(H,62,66)/t33-,34-,39-,40-,43+,44+,45-,46?,47-,48-/m0/s1. The summed E-state index contributed by atoms with van der Waals surface area (Å²) < 4.78 is 13.3. The third-order valence-electron chi connectivity index (χ3n) is 14.9. The van der Waals surface area contributed by atoms with Gasteiger partial charge in [-0.25, -0.2) is 0 Å². The van der Waals surface area contributed by atoms with Gasteiger partial charge < -0.3 is 51.2 Å². The summed E-state index contributed by atoms with van der Waals surface area (Å²) in [6.07, 6.45) is 4.47. The summed E-state index contributed by atoms with van der Waals surface area (Å²) in [5.74, 6) is -1.08. The monoisotopic (exact) mass is 991 g/mol. The topological polar surface area (TPSA) is 200 Å². The Bertz CT molecular complexity index is 2290. The van der Waals surface area contributed by atoms with E-state index in [4.69, 9.17) is 9.47 Å². The molecule has 2 saturated heterocycles. The van der Waals surface area contributed by atoms with Crippen molar-refractivity contribution in [2.24, 2.45) is 10.8 Å². The molecule has 7 rings (SSSR count). The Morgan fingerprint density at radius 1 is 0.569 bits per heavy atom. The number of nitrogens with zero attached hydrogens (tertiary/aromatic N) is 2. The minimum absolute atomic E-state index is 0.0911. The van der Waals surface area contributed by atoms with Crippen LogP contribution >= 0.6 is 0 Å². The molecule has 4 aliphatic rings. The van der Waals surface area contributed by atoms with Crippen LogP contribution in [0.4, 0.5) is 0 Å². The summed E-state index contributed by atoms with van der Waals surface area (Å²) in [5, 5.41) is 18.4. The summed E-state index contributed by atoms with van der Waals surface area (Å²) in [4.78, 5) is 88.1. The number of hydrogen-bond acceptors (Lipinski definition) is 10. The second kappa shape index (κ2) is 22.8. The van der Waals surface area contributed by atoms with Crippen LogP contribution in [0.15, 0.2) is 72.8 Å². The van der Waals surface area contributed by atoms with Crippen LogP contribution in [-0.2, 0) is 41.6 Å². The van der Waals surface area contributed by atoms with E-state index in [1.54, 1.807) is 62.0 Å². The van der Waals surface area contributed by atoms with Crippen LogP contribution in [-0.4, -0.2) is 121 Å². The van der Waals surface area contributed by atoms with E-state index in [0.29, 0.717) is 11.5 Å². The molecular formula is C56H78N8O8. The first-order chi connectivity index (χ1) is 34.2. The molecule has 16 nitrogen and oxygen atoms in total. The highest BCUT2D eigenvalue weighted by atomic mass is 16.5. The summed E-state index contributed by atoms with van der Waals surface area (Å²) in [6, 6.07) is 18.2. The third kappa shape index (κ3) is 12.6. The fourth-order valence-electron chi connectivity index (χ4n) is 10.5. The first-order valence-corrected chi connectivity index (χ1v) is 25.9. The Hall–Kier alpha value is -6.00. The fraction of sp³-hybridized carbons (Fsp3) is 0.571. The molecule has 6 N–H and O–H groups in total. The molecule has 1 unspecified atom stereocenters. The van der Waals surface area contributed by atoms with Crippen LogP contribution < -0.4 is 41.4 Å². The maximum Gasteiger partial charge on any atom is 0.246 e. The van der Waals surface area contributed by atoms with E-state index < -0.39 is 59.3 Å². The van der Waals surface area contributed by atoms with E-state index in [9.17, 15) is 28.8 Å². The minimum Gasteiger partial charge on any atom is -0.488 e. The number of ether oxygens (including phenoxy) is 2. The van der Waals surface area contributed by atoms with Gasteiger partial charge in [0.2, 0.25) is 35.4 Å². The van der Waals surface area contributed by atoms with Crippen molar-refractivity contribution in [3.63, 3.8) is 0 Å². The van der Waals surface area contributed by atoms with Crippen molar-refractivity contribution < 1.29 is 38.2 Å². The zero-order valence-corrected chi connectivity index (χ0v) is 43.9. The Morgan fingerprint density at radius 3 is 1.33 bits per heavy atom. The van der Waals surface area contributed by atoms with Crippen molar-refractivity contribution in [3.8, 4) is 11.5 Å². The molecule has 16 heteroatoms. The Morgan fingerprint density at radius 2 is 0.958 bits per heavy atom. The number of benzene rings is 3. The highest BCUT2D eigenvalue weighted by Crippen LogP contribution is 2.35. The quantitative estimate of drug-likeness (QED) is 0.113. The van der Waals surface area contributed by atoms with E-state index in [-0.39, 0.29) is 73.5 Å². The van der Waals surface area contributed by atoms with E-state index in [1.807, 2.05) is 77.9 Å². The molecule has 6 amide bonds. The normalized spacial score (nSPS) is 23.6. The van der Waals surface area contributed by atoms with E-state index in [2.05, 4.69) is 44.0 Å². The molecule has 3 aromatic rings. The van der Waals surface area contributed by atoms with Gasteiger partial charge in [-0.3, -0.25) is 28.8 Å². The zero-order valence-electron chi connectivity index (χ0n) is 43.9. The SMILES string of the molecule is CN[C@@H](C)C(=O)N[C@@H](C(=O)N1C[C@@H](Oc2cccc(O[C@H]3C[C@@H](C(=O)N[C@@H]4CCCc5ccccc54)N(C(=O)[C@H](NC(=O)[C@H](C)NC)C(C)(C)C)C3)c2)CC1C(=O)N[C@@H]1CCCc2ccccc21)C(C)(C)C. The summed E-state index contributed by atoms with van der Waals surface area (Å²) in [6.45, 7) is 15.0. The van der Waals surface area contributed by atoms with Crippen LogP contribution in [0.2, 0.25) is 0 Å². The number of likely N-dealkylation sites (N-methyl/N-ethyl adjacent to an activating group) is 2. The maximum atomic E-state index is 14.8. The lowest BCUT2D eigenvalue weighted by atomic mass is 9.85. The lowest BCUT2D eigenvalue weighted by molar-refractivity contribution is -0.144. The van der Waals surface area contributed by atoms with Crippen molar-refractivity contribution >= 4 is 35.4 Å². The predicted octanol–water partition coefficient (Wildman–Crippen LogP) is 5.05. The number of hydrogen-bond donors (Lipinski definition) is 6. The average Bonchev–Trinajstić information content (AvgIpc) is 3.98. The summed E-state index contributed by atoms with van der Waals surface area (Å²) >= 11 is 0. The van der Waals surface area contributed by atoms with Gasteiger partial charge in [0.15, 0.2) is 0 Å². The molecular weight excluding hydrogens is 913 g/mol. The van der Waals surface area contributed by atoms with Crippen LogP contribution in [0.25, 0.3) is 0 Å². The third-order valence-corrected chi connectivity index (χ3v) is 14.9. The molecule has 0 saturated carbocycles. The van der Waals surface area contributed by atoms with Gasteiger partial charge in [-0.05, 0) is 112 Å². The first kappa shape index (κ1) is 53.8. The van der Waals surface area contributed by atoms with Crippen molar-refractivity contribution in [2.75, 3.05) is 27.2 Å². The van der Waals surface area contributed by atoms with Crippen molar-refractivity contribution in [3.05, 3.63) is 95.1 Å². The molecule has 72 heavy (non-hydrogen) atoms. The van der Waals surface area contributed by atoms with Crippen LogP contribution in [0, 0.1) is 10.8 Å². The van der Waals surface area contributed by atoms with E-state index in [0.717, 1.165) is 49.7 Å². The summed E-state index contributed by atoms with van der Waals surface area (Å²) in [5.41, 5.74) is 3.17. The van der Waals surface area contributed by atoms with Crippen LogP contribution in [0.1, 0.15) is 128 Å². The molecule has 390 valence electrons. The highest BCUT2D eigenvalue weighted by Gasteiger charge is 2.48. The van der Waals surface area contributed by atoms with Gasteiger partial charge in [0.05, 0.1) is 37.3 Å². The lowest BCUT2D eigenvalue weighted by Crippen LogP contribution is -2.59. The number of likely N-dealkylation sites (tertiary alicyclic amines) is 2. The molecule has 2 aliphatic heterocycles. The smallest absolute Gasteiger partial charge is 0.246 e. The van der Waals surface area contributed by atoms with E-state index in [1.165, 1.54) is 11.1 Å². The van der Waals surface area contributed by atoms with Gasteiger partial charge in [0, 0.05) is 18.9 Å².